The Balaban J connectivity index is 0.00000338. The standard InChI is InChI=1S/C19H24FN3O2.HI/c1-21-19(22-13-15-3-7-17(20)8-4-15)23-14-16-5-9-18(10-6-16)25-12-11-24-2;/h3-10H,11-14H2,1-2H3,(H2,21,22,23);1H. The summed E-state index contributed by atoms with van der Waals surface area (Å²) in [4.78, 5) is 4.18. The number of methoxy groups -OCH3 is 1. The summed E-state index contributed by atoms with van der Waals surface area (Å²) < 4.78 is 23.4. The van der Waals surface area contributed by atoms with Crippen LogP contribution in [0.5, 0.6) is 5.75 Å². The van der Waals surface area contributed by atoms with Gasteiger partial charge in [0.2, 0.25) is 0 Å². The molecule has 5 nitrogen and oxygen atoms in total. The Hall–Kier alpha value is -1.87. The van der Waals surface area contributed by atoms with Crippen molar-refractivity contribution < 1.29 is 13.9 Å². The van der Waals surface area contributed by atoms with Gasteiger partial charge in [-0.05, 0) is 35.4 Å². The molecule has 0 saturated heterocycles. The number of guanidine groups is 1. The monoisotopic (exact) mass is 473 g/mol. The van der Waals surface area contributed by atoms with Crippen LogP contribution >= 0.6 is 24.0 Å². The maximum Gasteiger partial charge on any atom is 0.191 e. The Morgan fingerprint density at radius 2 is 1.46 bits per heavy atom. The topological polar surface area (TPSA) is 54.9 Å². The average molecular weight is 473 g/mol. The van der Waals surface area contributed by atoms with Crippen molar-refractivity contribution in [1.29, 1.82) is 0 Å². The number of benzene rings is 2. The molecule has 2 aromatic rings. The lowest BCUT2D eigenvalue weighted by molar-refractivity contribution is 0.146. The van der Waals surface area contributed by atoms with E-state index in [1.165, 1.54) is 12.1 Å². The average Bonchev–Trinajstić information content (AvgIpc) is 2.64. The highest BCUT2D eigenvalue weighted by molar-refractivity contribution is 14.0. The number of hydrogen-bond acceptors (Lipinski definition) is 3. The number of nitrogens with one attached hydrogen (secondary N) is 2. The van der Waals surface area contributed by atoms with Gasteiger partial charge in [0, 0.05) is 27.2 Å². The number of aliphatic imine (C=N–C) groups is 1. The molecule has 2 N–H and O–H groups in total. The lowest BCUT2D eigenvalue weighted by Crippen LogP contribution is -2.36. The van der Waals surface area contributed by atoms with Gasteiger partial charge in [-0.25, -0.2) is 4.39 Å². The van der Waals surface area contributed by atoms with Crippen LogP contribution in [0.4, 0.5) is 4.39 Å². The van der Waals surface area contributed by atoms with Gasteiger partial charge in [0.15, 0.2) is 5.96 Å². The fourth-order valence-corrected chi connectivity index (χ4v) is 2.14. The van der Waals surface area contributed by atoms with Gasteiger partial charge in [-0.3, -0.25) is 4.99 Å². The van der Waals surface area contributed by atoms with Crippen LogP contribution in [0.3, 0.4) is 0 Å². The van der Waals surface area contributed by atoms with Gasteiger partial charge in [-0.2, -0.15) is 0 Å². The zero-order valence-electron chi connectivity index (χ0n) is 15.0. The molecular formula is C19H25FIN3O2. The molecule has 0 heterocycles. The van der Waals surface area contributed by atoms with E-state index in [4.69, 9.17) is 9.47 Å². The number of halogens is 2. The second-order valence-corrected chi connectivity index (χ2v) is 5.39. The second-order valence-electron chi connectivity index (χ2n) is 5.39. The first-order valence-electron chi connectivity index (χ1n) is 8.11. The largest absolute Gasteiger partial charge is 0.491 e. The molecule has 0 amide bonds. The highest BCUT2D eigenvalue weighted by atomic mass is 127. The molecule has 0 fully saturated rings. The van der Waals surface area contributed by atoms with Gasteiger partial charge in [0.25, 0.3) is 0 Å². The van der Waals surface area contributed by atoms with Crippen molar-refractivity contribution in [3.05, 3.63) is 65.5 Å². The molecular weight excluding hydrogens is 448 g/mol. The highest BCUT2D eigenvalue weighted by Gasteiger charge is 2.00. The summed E-state index contributed by atoms with van der Waals surface area (Å²) in [6, 6.07) is 14.3. The van der Waals surface area contributed by atoms with E-state index in [2.05, 4.69) is 15.6 Å². The Morgan fingerprint density at radius 3 is 1.96 bits per heavy atom. The van der Waals surface area contributed by atoms with Crippen molar-refractivity contribution in [2.75, 3.05) is 27.4 Å². The number of hydrogen-bond donors (Lipinski definition) is 2. The van der Waals surface area contributed by atoms with Gasteiger partial charge in [0.05, 0.1) is 6.61 Å². The van der Waals surface area contributed by atoms with Crippen LogP contribution in [-0.4, -0.2) is 33.3 Å². The van der Waals surface area contributed by atoms with Crippen molar-refractivity contribution >= 4 is 29.9 Å². The summed E-state index contributed by atoms with van der Waals surface area (Å²) in [7, 11) is 3.36. The van der Waals surface area contributed by atoms with Gasteiger partial charge in [-0.15, -0.1) is 24.0 Å². The molecule has 0 aromatic heterocycles. The van der Waals surface area contributed by atoms with E-state index in [0.717, 1.165) is 16.9 Å². The molecule has 2 aromatic carbocycles. The van der Waals surface area contributed by atoms with Crippen molar-refractivity contribution in [2.45, 2.75) is 13.1 Å². The lowest BCUT2D eigenvalue weighted by atomic mass is 10.2. The minimum absolute atomic E-state index is 0. The van der Waals surface area contributed by atoms with Crippen LogP contribution in [0, 0.1) is 5.82 Å². The number of ether oxygens (including phenoxy) is 2. The third-order valence-electron chi connectivity index (χ3n) is 3.54. The third kappa shape index (κ3) is 8.01. The Bertz CT molecular complexity index is 663. The first-order valence-corrected chi connectivity index (χ1v) is 8.11. The van der Waals surface area contributed by atoms with Crippen molar-refractivity contribution in [2.24, 2.45) is 4.99 Å². The maximum atomic E-state index is 12.9. The summed E-state index contributed by atoms with van der Waals surface area (Å²) >= 11 is 0. The smallest absolute Gasteiger partial charge is 0.191 e. The molecule has 0 atom stereocenters. The molecule has 0 radical (unpaired) electrons. The Kier molecular flexibility index (Phi) is 10.6. The number of rotatable bonds is 8. The molecule has 0 aliphatic carbocycles. The molecule has 0 bridgehead atoms. The first kappa shape index (κ1) is 22.2. The predicted octanol–water partition coefficient (Wildman–Crippen LogP) is 3.33. The van der Waals surface area contributed by atoms with Crippen LogP contribution in [-0.2, 0) is 17.8 Å². The summed E-state index contributed by atoms with van der Waals surface area (Å²) in [5, 5.41) is 6.44. The molecule has 0 aliphatic rings. The SMILES string of the molecule is CN=C(NCc1ccc(F)cc1)NCc1ccc(OCCOC)cc1.I. The molecule has 0 unspecified atom stereocenters. The van der Waals surface area contributed by atoms with Crippen LogP contribution in [0.25, 0.3) is 0 Å². The third-order valence-corrected chi connectivity index (χ3v) is 3.54. The van der Waals surface area contributed by atoms with Crippen molar-refractivity contribution in [1.82, 2.24) is 10.6 Å². The molecule has 0 spiro atoms. The molecule has 142 valence electrons. The van der Waals surface area contributed by atoms with Crippen molar-refractivity contribution in [3.8, 4) is 5.75 Å². The van der Waals surface area contributed by atoms with Crippen LogP contribution < -0.4 is 15.4 Å². The molecule has 26 heavy (non-hydrogen) atoms. The van der Waals surface area contributed by atoms with Gasteiger partial charge < -0.3 is 20.1 Å². The van der Waals surface area contributed by atoms with Crippen LogP contribution in [0.1, 0.15) is 11.1 Å². The predicted molar refractivity (Wildman–Crippen MR) is 113 cm³/mol. The van der Waals surface area contributed by atoms with E-state index in [1.807, 2.05) is 24.3 Å². The Labute approximate surface area is 171 Å². The normalized spacial score (nSPS) is 10.8. The molecule has 2 rings (SSSR count). The molecule has 0 saturated carbocycles. The zero-order chi connectivity index (χ0) is 17.9. The Morgan fingerprint density at radius 1 is 0.923 bits per heavy atom. The molecule has 7 heteroatoms. The van der Waals surface area contributed by atoms with E-state index in [-0.39, 0.29) is 29.8 Å². The van der Waals surface area contributed by atoms with Gasteiger partial charge >= 0.3 is 0 Å². The van der Waals surface area contributed by atoms with E-state index < -0.39 is 0 Å². The zero-order valence-corrected chi connectivity index (χ0v) is 17.3. The maximum absolute atomic E-state index is 12.9. The number of nitrogens with zero attached hydrogens (tertiary/aromatic N) is 1. The fourth-order valence-electron chi connectivity index (χ4n) is 2.14. The van der Waals surface area contributed by atoms with Crippen molar-refractivity contribution in [3.63, 3.8) is 0 Å². The summed E-state index contributed by atoms with van der Waals surface area (Å²) in [5.74, 6) is 1.27. The minimum Gasteiger partial charge on any atom is -0.491 e. The van der Waals surface area contributed by atoms with Gasteiger partial charge in [-0.1, -0.05) is 24.3 Å². The van der Waals surface area contributed by atoms with E-state index in [0.29, 0.717) is 32.3 Å². The molecule has 0 aliphatic heterocycles. The summed E-state index contributed by atoms with van der Waals surface area (Å²) in [5.41, 5.74) is 2.10. The minimum atomic E-state index is -0.235. The van der Waals surface area contributed by atoms with Gasteiger partial charge in [0.1, 0.15) is 18.2 Å². The highest BCUT2D eigenvalue weighted by Crippen LogP contribution is 2.12. The van der Waals surface area contributed by atoms with Crippen LogP contribution in [0.15, 0.2) is 53.5 Å². The quantitative estimate of drug-likeness (QED) is 0.267. The van der Waals surface area contributed by atoms with E-state index in [9.17, 15) is 4.39 Å². The fraction of sp³-hybridized carbons (Fsp3) is 0.316. The van der Waals surface area contributed by atoms with E-state index in [1.54, 1.807) is 26.3 Å². The second kappa shape index (κ2) is 12.5. The summed E-state index contributed by atoms with van der Waals surface area (Å²) in [6.07, 6.45) is 0. The van der Waals surface area contributed by atoms with Crippen LogP contribution in [0.2, 0.25) is 0 Å². The summed E-state index contributed by atoms with van der Waals surface area (Å²) in [6.45, 7) is 2.32. The van der Waals surface area contributed by atoms with E-state index >= 15 is 0 Å². The lowest BCUT2D eigenvalue weighted by Gasteiger charge is -2.12. The first-order chi connectivity index (χ1) is 12.2.